The van der Waals surface area contributed by atoms with E-state index in [1.807, 2.05) is 43.3 Å². The molecule has 1 N–H and O–H groups in total. The highest BCUT2D eigenvalue weighted by atomic mass is 35.5. The molecule has 0 saturated carbocycles. The van der Waals surface area contributed by atoms with E-state index in [1.165, 1.54) is 0 Å². The lowest BCUT2D eigenvalue weighted by Crippen LogP contribution is -2.07. The Kier molecular flexibility index (Phi) is 3.99. The third-order valence-electron chi connectivity index (χ3n) is 3.82. The maximum Gasteiger partial charge on any atom is 0.228 e. The lowest BCUT2D eigenvalue weighted by molar-refractivity contribution is -0.118. The monoisotopic (exact) mass is 313 g/mol. The number of amides is 1. The first-order chi connectivity index (χ1) is 10.5. The molecule has 22 heavy (non-hydrogen) atoms. The van der Waals surface area contributed by atoms with Crippen molar-refractivity contribution in [2.24, 2.45) is 0 Å². The number of nitrogens with one attached hydrogen (secondary N) is 1. The van der Waals surface area contributed by atoms with Gasteiger partial charge in [0.15, 0.2) is 0 Å². The molecule has 0 spiro atoms. The molecule has 0 atom stereocenters. The topological polar surface area (TPSA) is 46.2 Å². The van der Waals surface area contributed by atoms with E-state index in [2.05, 4.69) is 5.32 Å². The molecule has 2 aromatic carbocycles. The van der Waals surface area contributed by atoms with Crippen LogP contribution in [0.3, 0.4) is 0 Å². The Morgan fingerprint density at radius 3 is 2.55 bits per heavy atom. The molecule has 1 amide bonds. The summed E-state index contributed by atoms with van der Waals surface area (Å²) < 4.78 is 0. The van der Waals surface area contributed by atoms with E-state index in [9.17, 15) is 9.59 Å². The number of ketones is 1. The van der Waals surface area contributed by atoms with Crippen LogP contribution in [0.2, 0.25) is 5.02 Å². The molecular formula is C18H16ClNO2. The van der Waals surface area contributed by atoms with Gasteiger partial charge in [-0.05, 0) is 41.3 Å². The van der Waals surface area contributed by atoms with Gasteiger partial charge in [-0.25, -0.2) is 0 Å². The molecule has 1 aliphatic heterocycles. The largest absolute Gasteiger partial charge is 0.326 e. The van der Waals surface area contributed by atoms with Gasteiger partial charge in [-0.3, -0.25) is 9.59 Å². The molecule has 0 aliphatic carbocycles. The van der Waals surface area contributed by atoms with Crippen LogP contribution in [0, 0.1) is 6.92 Å². The number of hydrogen-bond donors (Lipinski definition) is 1. The molecular weight excluding hydrogens is 298 g/mol. The van der Waals surface area contributed by atoms with Crippen LogP contribution in [0.15, 0.2) is 36.4 Å². The zero-order chi connectivity index (χ0) is 15.7. The number of carbonyl (C=O) groups excluding carboxylic acids is 2. The highest BCUT2D eigenvalue weighted by molar-refractivity contribution is 6.31. The fourth-order valence-corrected chi connectivity index (χ4v) is 2.84. The van der Waals surface area contributed by atoms with Gasteiger partial charge < -0.3 is 5.32 Å². The van der Waals surface area contributed by atoms with E-state index in [0.29, 0.717) is 24.3 Å². The summed E-state index contributed by atoms with van der Waals surface area (Å²) in [5.41, 5.74) is 4.73. The van der Waals surface area contributed by atoms with Crippen LogP contribution >= 0.6 is 11.6 Å². The van der Waals surface area contributed by atoms with Crippen LogP contribution in [0.5, 0.6) is 0 Å². The molecule has 0 saturated heterocycles. The standard InChI is InChI=1S/C18H16ClNO2/c1-11-6-12(2-4-16(11)19)8-15(21)9-13-3-5-17-14(7-13)10-18(22)20-17/h2-7H,8-10H2,1H3,(H,20,22). The molecule has 0 fully saturated rings. The summed E-state index contributed by atoms with van der Waals surface area (Å²) in [5.74, 6) is 0.161. The summed E-state index contributed by atoms with van der Waals surface area (Å²) in [6.45, 7) is 1.93. The molecule has 0 unspecified atom stereocenters. The van der Waals surface area contributed by atoms with Crippen molar-refractivity contribution in [2.45, 2.75) is 26.2 Å². The van der Waals surface area contributed by atoms with Gasteiger partial charge in [0.05, 0.1) is 6.42 Å². The van der Waals surface area contributed by atoms with E-state index < -0.39 is 0 Å². The second-order valence-corrected chi connectivity index (χ2v) is 6.10. The summed E-state index contributed by atoms with van der Waals surface area (Å²) in [4.78, 5) is 23.6. The van der Waals surface area contributed by atoms with Crippen molar-refractivity contribution in [3.8, 4) is 0 Å². The summed E-state index contributed by atoms with van der Waals surface area (Å²) in [7, 11) is 0. The third-order valence-corrected chi connectivity index (χ3v) is 4.24. The highest BCUT2D eigenvalue weighted by Crippen LogP contribution is 2.24. The van der Waals surface area contributed by atoms with Crippen LogP contribution in [0.4, 0.5) is 5.69 Å². The van der Waals surface area contributed by atoms with Crippen molar-refractivity contribution in [1.29, 1.82) is 0 Å². The fraction of sp³-hybridized carbons (Fsp3) is 0.222. The number of fused-ring (bicyclic) bond motifs is 1. The molecule has 1 heterocycles. The molecule has 3 nitrogen and oxygen atoms in total. The number of hydrogen-bond acceptors (Lipinski definition) is 2. The van der Waals surface area contributed by atoms with Gasteiger partial charge in [-0.15, -0.1) is 0 Å². The Morgan fingerprint density at radius 1 is 1.14 bits per heavy atom. The molecule has 2 aromatic rings. The van der Waals surface area contributed by atoms with Gasteiger partial charge in [0.25, 0.3) is 0 Å². The number of halogens is 1. The number of anilines is 1. The number of carbonyl (C=O) groups is 2. The van der Waals surface area contributed by atoms with Gasteiger partial charge >= 0.3 is 0 Å². The van der Waals surface area contributed by atoms with Gasteiger partial charge in [0, 0.05) is 23.6 Å². The fourth-order valence-electron chi connectivity index (χ4n) is 2.73. The predicted molar refractivity (Wildman–Crippen MR) is 87.4 cm³/mol. The summed E-state index contributed by atoms with van der Waals surface area (Å²) in [5, 5.41) is 3.51. The van der Waals surface area contributed by atoms with Crippen LogP contribution < -0.4 is 5.32 Å². The zero-order valence-corrected chi connectivity index (χ0v) is 13.0. The molecule has 0 aromatic heterocycles. The van der Waals surface area contributed by atoms with Crippen molar-refractivity contribution in [3.63, 3.8) is 0 Å². The van der Waals surface area contributed by atoms with Gasteiger partial charge in [0.1, 0.15) is 5.78 Å². The lowest BCUT2D eigenvalue weighted by Gasteiger charge is -2.06. The SMILES string of the molecule is Cc1cc(CC(=O)Cc2ccc3c(c2)CC(=O)N3)ccc1Cl. The molecule has 3 rings (SSSR count). The van der Waals surface area contributed by atoms with Crippen molar-refractivity contribution in [2.75, 3.05) is 5.32 Å². The van der Waals surface area contributed by atoms with Crippen LogP contribution in [0.1, 0.15) is 22.3 Å². The molecule has 0 radical (unpaired) electrons. The van der Waals surface area contributed by atoms with Crippen molar-refractivity contribution >= 4 is 29.0 Å². The number of benzene rings is 2. The Balaban J connectivity index is 1.68. The summed E-state index contributed by atoms with van der Waals surface area (Å²) >= 11 is 5.99. The highest BCUT2D eigenvalue weighted by Gasteiger charge is 2.18. The quantitative estimate of drug-likeness (QED) is 0.939. The van der Waals surface area contributed by atoms with E-state index in [0.717, 1.165) is 27.9 Å². The minimum atomic E-state index is 0.00937. The van der Waals surface area contributed by atoms with Crippen LogP contribution in [-0.2, 0) is 28.9 Å². The van der Waals surface area contributed by atoms with E-state index in [1.54, 1.807) is 0 Å². The van der Waals surface area contributed by atoms with Crippen LogP contribution in [-0.4, -0.2) is 11.7 Å². The van der Waals surface area contributed by atoms with E-state index in [4.69, 9.17) is 11.6 Å². The number of rotatable bonds is 4. The molecule has 4 heteroatoms. The third kappa shape index (κ3) is 3.20. The summed E-state index contributed by atoms with van der Waals surface area (Å²) in [6, 6.07) is 11.4. The maximum atomic E-state index is 12.2. The average molecular weight is 314 g/mol. The Morgan fingerprint density at radius 2 is 1.82 bits per heavy atom. The second kappa shape index (κ2) is 5.93. The summed E-state index contributed by atoms with van der Waals surface area (Å²) in [6.07, 6.45) is 1.17. The predicted octanol–water partition coefficient (Wildman–Crippen LogP) is 3.50. The van der Waals surface area contributed by atoms with E-state index in [-0.39, 0.29) is 11.7 Å². The Hall–Kier alpha value is -2.13. The average Bonchev–Trinajstić information content (AvgIpc) is 2.82. The van der Waals surface area contributed by atoms with Crippen LogP contribution in [0.25, 0.3) is 0 Å². The van der Waals surface area contributed by atoms with E-state index >= 15 is 0 Å². The van der Waals surface area contributed by atoms with Crippen molar-refractivity contribution in [1.82, 2.24) is 0 Å². The Bertz CT molecular complexity index is 768. The molecule has 0 bridgehead atoms. The van der Waals surface area contributed by atoms with Crippen molar-refractivity contribution in [3.05, 3.63) is 63.7 Å². The van der Waals surface area contributed by atoms with Crippen molar-refractivity contribution < 1.29 is 9.59 Å². The minimum absolute atomic E-state index is 0.00937. The Labute approximate surface area is 134 Å². The molecule has 1 aliphatic rings. The number of Topliss-reactive ketones (excluding diaryl/α,β-unsaturated/α-hetero) is 1. The second-order valence-electron chi connectivity index (χ2n) is 5.69. The molecule has 112 valence electrons. The first-order valence-corrected chi connectivity index (χ1v) is 7.57. The van der Waals surface area contributed by atoms with Gasteiger partial charge in [-0.1, -0.05) is 35.9 Å². The smallest absolute Gasteiger partial charge is 0.228 e. The maximum absolute atomic E-state index is 12.2. The first kappa shape index (κ1) is 14.8. The normalized spacial score (nSPS) is 12.9. The first-order valence-electron chi connectivity index (χ1n) is 7.19. The van der Waals surface area contributed by atoms with Gasteiger partial charge in [0.2, 0.25) is 5.91 Å². The number of aryl methyl sites for hydroxylation is 1. The minimum Gasteiger partial charge on any atom is -0.326 e. The zero-order valence-electron chi connectivity index (χ0n) is 12.3. The lowest BCUT2D eigenvalue weighted by atomic mass is 9.99. The van der Waals surface area contributed by atoms with Gasteiger partial charge in [-0.2, -0.15) is 0 Å².